The van der Waals surface area contributed by atoms with E-state index in [2.05, 4.69) is 31.1 Å². The maximum atomic E-state index is 13.7. The van der Waals surface area contributed by atoms with E-state index >= 15 is 0 Å². The van der Waals surface area contributed by atoms with Crippen LogP contribution in [0.1, 0.15) is 18.4 Å². The second kappa shape index (κ2) is 12.8. The maximum Gasteiger partial charge on any atom is 0.188 e. The molecule has 5 nitrogen and oxygen atoms in total. The first kappa shape index (κ1) is 22.6. The lowest BCUT2D eigenvalue weighted by Gasteiger charge is -2.26. The van der Waals surface area contributed by atoms with Crippen molar-refractivity contribution in [3.05, 3.63) is 34.1 Å². The summed E-state index contributed by atoms with van der Waals surface area (Å²) in [6.45, 7) is 6.14. The Bertz CT molecular complexity index is 541. The van der Waals surface area contributed by atoms with Gasteiger partial charge in [-0.25, -0.2) is 4.39 Å². The summed E-state index contributed by atoms with van der Waals surface area (Å²) in [5.74, 6) is 0.288. The van der Waals surface area contributed by atoms with Gasteiger partial charge >= 0.3 is 0 Å². The molecule has 1 fully saturated rings. The smallest absolute Gasteiger partial charge is 0.188 e. The molecule has 1 aliphatic heterocycles. The molecule has 25 heavy (non-hydrogen) atoms. The van der Waals surface area contributed by atoms with E-state index in [1.54, 1.807) is 6.07 Å². The first-order valence-corrected chi connectivity index (χ1v) is 9.22. The molecule has 8 heteroatoms. The number of morpholine rings is 1. The third kappa shape index (κ3) is 9.16. The molecule has 0 unspecified atom stereocenters. The quantitative estimate of drug-likeness (QED) is 0.236. The Morgan fingerprint density at radius 2 is 2.08 bits per heavy atom. The first-order valence-electron chi connectivity index (χ1n) is 8.43. The fourth-order valence-corrected chi connectivity index (χ4v) is 2.93. The van der Waals surface area contributed by atoms with Gasteiger partial charge in [0.2, 0.25) is 0 Å². The van der Waals surface area contributed by atoms with Crippen molar-refractivity contribution in [2.45, 2.75) is 19.3 Å². The van der Waals surface area contributed by atoms with E-state index in [9.17, 15) is 4.39 Å². The zero-order valence-corrected chi connectivity index (χ0v) is 18.3. The van der Waals surface area contributed by atoms with Gasteiger partial charge in [0, 0.05) is 30.7 Å². The number of guanidine groups is 1. The van der Waals surface area contributed by atoms with Crippen LogP contribution in [0.4, 0.5) is 4.39 Å². The lowest BCUT2D eigenvalue weighted by atomic mass is 10.1. The van der Waals surface area contributed by atoms with E-state index in [1.165, 1.54) is 6.07 Å². The Balaban J connectivity index is 0.00000312. The number of ether oxygens (including phenoxy) is 1. The van der Waals surface area contributed by atoms with Crippen LogP contribution < -0.4 is 11.1 Å². The second-order valence-electron chi connectivity index (χ2n) is 5.84. The molecule has 142 valence electrons. The predicted molar refractivity (Wildman–Crippen MR) is 114 cm³/mol. The number of hydrogen-bond acceptors (Lipinski definition) is 3. The summed E-state index contributed by atoms with van der Waals surface area (Å²) < 4.78 is 19.8. The molecule has 1 heterocycles. The fourth-order valence-electron chi connectivity index (χ4n) is 2.59. The van der Waals surface area contributed by atoms with E-state index in [0.29, 0.717) is 24.5 Å². The summed E-state index contributed by atoms with van der Waals surface area (Å²) in [7, 11) is 0. The summed E-state index contributed by atoms with van der Waals surface area (Å²) in [5.41, 5.74) is 6.56. The van der Waals surface area contributed by atoms with Crippen molar-refractivity contribution in [3.8, 4) is 0 Å². The van der Waals surface area contributed by atoms with E-state index < -0.39 is 0 Å². The molecule has 0 radical (unpaired) electrons. The van der Waals surface area contributed by atoms with Crippen LogP contribution in [0.25, 0.3) is 0 Å². The minimum atomic E-state index is -0.178. The van der Waals surface area contributed by atoms with E-state index in [0.717, 1.165) is 56.7 Å². The highest BCUT2D eigenvalue weighted by Gasteiger charge is 2.09. The first-order chi connectivity index (χ1) is 11.6. The highest BCUT2D eigenvalue weighted by Crippen LogP contribution is 2.16. The van der Waals surface area contributed by atoms with Crippen LogP contribution >= 0.6 is 39.9 Å². The molecule has 0 aliphatic carbocycles. The summed E-state index contributed by atoms with van der Waals surface area (Å²) in [6.07, 6.45) is 2.46. The number of nitrogens with two attached hydrogens (primary N) is 1. The molecule has 0 amide bonds. The topological polar surface area (TPSA) is 62.9 Å². The number of benzene rings is 1. The van der Waals surface area contributed by atoms with Gasteiger partial charge in [0.05, 0.1) is 13.2 Å². The van der Waals surface area contributed by atoms with Gasteiger partial charge in [0.1, 0.15) is 5.82 Å². The molecule has 1 saturated heterocycles. The van der Waals surface area contributed by atoms with Crippen molar-refractivity contribution in [3.63, 3.8) is 0 Å². The monoisotopic (exact) mass is 528 g/mol. The molecule has 0 saturated carbocycles. The van der Waals surface area contributed by atoms with Crippen LogP contribution in [0.5, 0.6) is 0 Å². The molecule has 2 rings (SSSR count). The van der Waals surface area contributed by atoms with Gasteiger partial charge in [-0.3, -0.25) is 9.89 Å². The van der Waals surface area contributed by atoms with Crippen molar-refractivity contribution >= 4 is 45.9 Å². The van der Waals surface area contributed by atoms with E-state index in [4.69, 9.17) is 10.5 Å². The standard InChI is InChI=1S/C17H26BrFN4O.HI/c18-15-5-4-14(16(19)13-15)3-1-6-21-17(20)22-7-2-8-23-9-11-24-12-10-23;/h4-5,13H,1-3,6-12H2,(H3,20,21,22);1H. The molecular weight excluding hydrogens is 502 g/mol. The van der Waals surface area contributed by atoms with Gasteiger partial charge < -0.3 is 15.8 Å². The zero-order chi connectivity index (χ0) is 17.2. The van der Waals surface area contributed by atoms with Crippen molar-refractivity contribution < 1.29 is 9.13 Å². The van der Waals surface area contributed by atoms with Gasteiger partial charge in [0.25, 0.3) is 0 Å². The molecule has 0 atom stereocenters. The van der Waals surface area contributed by atoms with Crippen molar-refractivity contribution in [1.29, 1.82) is 0 Å². The van der Waals surface area contributed by atoms with Gasteiger partial charge in [0.15, 0.2) is 5.96 Å². The van der Waals surface area contributed by atoms with Crippen LogP contribution in [-0.2, 0) is 11.2 Å². The molecular formula is C17H27BrFIN4O. The minimum Gasteiger partial charge on any atom is -0.379 e. The third-order valence-corrected chi connectivity index (χ3v) is 4.46. The highest BCUT2D eigenvalue weighted by molar-refractivity contribution is 14.0. The molecule has 1 aromatic carbocycles. The average Bonchev–Trinajstić information content (AvgIpc) is 2.58. The molecule has 0 spiro atoms. The Morgan fingerprint density at radius 1 is 1.32 bits per heavy atom. The Hall–Kier alpha value is -0.450. The van der Waals surface area contributed by atoms with Gasteiger partial charge in [-0.1, -0.05) is 22.0 Å². The van der Waals surface area contributed by atoms with Gasteiger partial charge in [-0.15, -0.1) is 24.0 Å². The molecule has 1 aliphatic rings. The lowest BCUT2D eigenvalue weighted by Crippen LogP contribution is -2.39. The molecule has 0 bridgehead atoms. The largest absolute Gasteiger partial charge is 0.379 e. The summed E-state index contributed by atoms with van der Waals surface area (Å²) in [6, 6.07) is 5.14. The summed E-state index contributed by atoms with van der Waals surface area (Å²) >= 11 is 3.26. The number of nitrogens with one attached hydrogen (secondary N) is 1. The highest BCUT2D eigenvalue weighted by atomic mass is 127. The third-order valence-electron chi connectivity index (χ3n) is 3.96. The molecule has 1 aromatic rings. The minimum absolute atomic E-state index is 0. The van der Waals surface area contributed by atoms with Crippen LogP contribution in [0, 0.1) is 5.82 Å². The van der Waals surface area contributed by atoms with Crippen LogP contribution in [0.2, 0.25) is 0 Å². The van der Waals surface area contributed by atoms with Crippen molar-refractivity contribution in [2.75, 3.05) is 45.9 Å². The Kier molecular flexibility index (Phi) is 11.6. The number of nitrogens with zero attached hydrogens (tertiary/aromatic N) is 2. The van der Waals surface area contributed by atoms with E-state index in [1.807, 2.05) is 6.07 Å². The SMILES string of the molecule is I.NC(=NCCCc1ccc(Br)cc1F)NCCCN1CCOCC1. The van der Waals surface area contributed by atoms with Gasteiger partial charge in [-0.05, 0) is 43.5 Å². The van der Waals surface area contributed by atoms with Crippen molar-refractivity contribution in [2.24, 2.45) is 10.7 Å². The number of aryl methyl sites for hydroxylation is 1. The normalized spacial score (nSPS) is 15.7. The fraction of sp³-hybridized carbons (Fsp3) is 0.588. The number of aliphatic imine (C=N–C) groups is 1. The summed E-state index contributed by atoms with van der Waals surface area (Å²) in [4.78, 5) is 6.68. The second-order valence-corrected chi connectivity index (χ2v) is 6.76. The number of hydrogen-bond donors (Lipinski definition) is 2. The Morgan fingerprint density at radius 3 is 2.80 bits per heavy atom. The van der Waals surface area contributed by atoms with E-state index in [-0.39, 0.29) is 29.8 Å². The lowest BCUT2D eigenvalue weighted by molar-refractivity contribution is 0.0376. The van der Waals surface area contributed by atoms with Gasteiger partial charge in [-0.2, -0.15) is 0 Å². The van der Waals surface area contributed by atoms with Crippen LogP contribution in [0.15, 0.2) is 27.7 Å². The van der Waals surface area contributed by atoms with Crippen molar-refractivity contribution in [1.82, 2.24) is 10.2 Å². The zero-order valence-electron chi connectivity index (χ0n) is 14.3. The maximum absolute atomic E-state index is 13.7. The number of halogens is 3. The molecule has 3 N–H and O–H groups in total. The summed E-state index contributed by atoms with van der Waals surface area (Å²) in [5, 5.41) is 3.13. The predicted octanol–water partition coefficient (Wildman–Crippen LogP) is 2.77. The molecule has 0 aromatic heterocycles. The average molecular weight is 529 g/mol. The Labute approximate surface area is 174 Å². The van der Waals surface area contributed by atoms with Crippen LogP contribution in [0.3, 0.4) is 0 Å². The van der Waals surface area contributed by atoms with Crippen LogP contribution in [-0.4, -0.2) is 56.8 Å². The number of rotatable bonds is 8.